The van der Waals surface area contributed by atoms with Crippen molar-refractivity contribution < 1.29 is 9.90 Å². The maximum atomic E-state index is 11.1. The van der Waals surface area contributed by atoms with Crippen molar-refractivity contribution in [2.45, 2.75) is 20.3 Å². The minimum atomic E-state index is -0.708. The van der Waals surface area contributed by atoms with Gasteiger partial charge in [0.15, 0.2) is 0 Å². The SMILES string of the molecule is CC(C)(CCN1CCN(c2ccccc2)CC1)C(=O)O. The quantitative estimate of drug-likeness (QED) is 0.896. The van der Waals surface area contributed by atoms with Crippen LogP contribution in [-0.2, 0) is 4.79 Å². The first kappa shape index (κ1) is 14.9. The predicted molar refractivity (Wildman–Crippen MR) is 81.1 cm³/mol. The molecule has 110 valence electrons. The third kappa shape index (κ3) is 3.73. The average Bonchev–Trinajstić information content (AvgIpc) is 2.46. The van der Waals surface area contributed by atoms with Gasteiger partial charge in [-0.15, -0.1) is 0 Å². The lowest BCUT2D eigenvalue weighted by Gasteiger charge is -2.37. The minimum absolute atomic E-state index is 0.628. The number of para-hydroxylation sites is 1. The van der Waals surface area contributed by atoms with Crippen LogP contribution >= 0.6 is 0 Å². The van der Waals surface area contributed by atoms with E-state index in [1.807, 2.05) is 6.07 Å². The van der Waals surface area contributed by atoms with Gasteiger partial charge < -0.3 is 10.0 Å². The number of aliphatic carboxylic acids is 1. The van der Waals surface area contributed by atoms with Crippen LogP contribution in [0, 0.1) is 5.41 Å². The normalized spacial score (nSPS) is 17.2. The molecular weight excluding hydrogens is 252 g/mol. The van der Waals surface area contributed by atoms with Crippen molar-refractivity contribution in [3.05, 3.63) is 30.3 Å². The fraction of sp³-hybridized carbons (Fsp3) is 0.562. The Hall–Kier alpha value is -1.55. The van der Waals surface area contributed by atoms with E-state index in [9.17, 15) is 4.79 Å². The Morgan fingerprint density at radius 1 is 1.15 bits per heavy atom. The molecule has 0 spiro atoms. The molecule has 0 atom stereocenters. The van der Waals surface area contributed by atoms with Crippen LogP contribution in [0.15, 0.2) is 30.3 Å². The number of anilines is 1. The van der Waals surface area contributed by atoms with Crippen molar-refractivity contribution in [1.82, 2.24) is 4.90 Å². The standard InChI is InChI=1S/C16H24N2O2/c1-16(2,15(19)20)8-9-17-10-12-18(13-11-17)14-6-4-3-5-7-14/h3-7H,8-13H2,1-2H3,(H,19,20). The zero-order valence-corrected chi connectivity index (χ0v) is 12.4. The van der Waals surface area contributed by atoms with Gasteiger partial charge in [-0.3, -0.25) is 9.69 Å². The van der Waals surface area contributed by atoms with Gasteiger partial charge in [-0.25, -0.2) is 0 Å². The molecule has 0 bridgehead atoms. The summed E-state index contributed by atoms with van der Waals surface area (Å²) >= 11 is 0. The highest BCUT2D eigenvalue weighted by Crippen LogP contribution is 2.22. The van der Waals surface area contributed by atoms with Gasteiger partial charge in [0.25, 0.3) is 0 Å². The van der Waals surface area contributed by atoms with Crippen LogP contribution in [0.2, 0.25) is 0 Å². The van der Waals surface area contributed by atoms with Crippen molar-refractivity contribution in [2.24, 2.45) is 5.41 Å². The molecule has 1 heterocycles. The number of carbonyl (C=O) groups is 1. The number of hydrogen-bond acceptors (Lipinski definition) is 3. The van der Waals surface area contributed by atoms with Crippen molar-refractivity contribution in [3.63, 3.8) is 0 Å². The van der Waals surface area contributed by atoms with Crippen molar-refractivity contribution >= 4 is 11.7 Å². The van der Waals surface area contributed by atoms with E-state index in [2.05, 4.69) is 34.1 Å². The first-order chi connectivity index (χ1) is 9.49. The van der Waals surface area contributed by atoms with E-state index in [4.69, 9.17) is 5.11 Å². The Bertz CT molecular complexity index is 437. The molecule has 1 aliphatic rings. The number of rotatable bonds is 5. The molecule has 0 aliphatic carbocycles. The summed E-state index contributed by atoms with van der Waals surface area (Å²) in [6.07, 6.45) is 0.702. The molecule has 1 aromatic carbocycles. The molecule has 0 unspecified atom stereocenters. The second kappa shape index (κ2) is 6.27. The molecule has 0 amide bonds. The number of hydrogen-bond donors (Lipinski definition) is 1. The fourth-order valence-corrected chi connectivity index (χ4v) is 2.41. The van der Waals surface area contributed by atoms with Crippen LogP contribution in [-0.4, -0.2) is 48.7 Å². The first-order valence-corrected chi connectivity index (χ1v) is 7.25. The van der Waals surface area contributed by atoms with Crippen LogP contribution in [0.4, 0.5) is 5.69 Å². The van der Waals surface area contributed by atoms with E-state index >= 15 is 0 Å². The molecule has 1 N–H and O–H groups in total. The summed E-state index contributed by atoms with van der Waals surface area (Å²) in [6, 6.07) is 10.5. The monoisotopic (exact) mass is 276 g/mol. The molecule has 20 heavy (non-hydrogen) atoms. The van der Waals surface area contributed by atoms with Gasteiger partial charge in [0.1, 0.15) is 0 Å². The summed E-state index contributed by atoms with van der Waals surface area (Å²) in [4.78, 5) is 15.9. The van der Waals surface area contributed by atoms with Crippen LogP contribution in [0.25, 0.3) is 0 Å². The molecule has 0 aromatic heterocycles. The molecule has 0 saturated carbocycles. The zero-order chi connectivity index (χ0) is 14.6. The highest BCUT2D eigenvalue weighted by Gasteiger charge is 2.28. The van der Waals surface area contributed by atoms with Crippen LogP contribution in [0.5, 0.6) is 0 Å². The van der Waals surface area contributed by atoms with Gasteiger partial charge in [-0.1, -0.05) is 18.2 Å². The maximum Gasteiger partial charge on any atom is 0.309 e. The Kier molecular flexibility index (Phi) is 4.65. The third-order valence-electron chi connectivity index (χ3n) is 4.13. The Balaban J connectivity index is 1.79. The second-order valence-electron chi connectivity index (χ2n) is 6.10. The van der Waals surface area contributed by atoms with Gasteiger partial charge >= 0.3 is 5.97 Å². The van der Waals surface area contributed by atoms with E-state index < -0.39 is 11.4 Å². The molecule has 4 heteroatoms. The number of piperazine rings is 1. The lowest BCUT2D eigenvalue weighted by Crippen LogP contribution is -2.47. The molecule has 1 saturated heterocycles. The van der Waals surface area contributed by atoms with Crippen LogP contribution in [0.3, 0.4) is 0 Å². The van der Waals surface area contributed by atoms with Crippen LogP contribution < -0.4 is 4.90 Å². The zero-order valence-electron chi connectivity index (χ0n) is 12.4. The number of nitrogens with zero attached hydrogens (tertiary/aromatic N) is 2. The van der Waals surface area contributed by atoms with Gasteiger partial charge in [0.05, 0.1) is 5.41 Å². The van der Waals surface area contributed by atoms with Gasteiger partial charge in [-0.05, 0) is 38.9 Å². The molecule has 0 radical (unpaired) electrons. The van der Waals surface area contributed by atoms with E-state index in [-0.39, 0.29) is 0 Å². The predicted octanol–water partition coefficient (Wildman–Crippen LogP) is 2.31. The van der Waals surface area contributed by atoms with Gasteiger partial charge in [0, 0.05) is 31.9 Å². The lowest BCUT2D eigenvalue weighted by molar-refractivity contribution is -0.147. The van der Waals surface area contributed by atoms with E-state index in [1.54, 1.807) is 13.8 Å². The topological polar surface area (TPSA) is 43.8 Å². The molecule has 1 aliphatic heterocycles. The van der Waals surface area contributed by atoms with Crippen molar-refractivity contribution in [2.75, 3.05) is 37.6 Å². The minimum Gasteiger partial charge on any atom is -0.481 e. The van der Waals surface area contributed by atoms with Gasteiger partial charge in [-0.2, -0.15) is 0 Å². The van der Waals surface area contributed by atoms with E-state index in [0.717, 1.165) is 32.7 Å². The average molecular weight is 276 g/mol. The Morgan fingerprint density at radius 2 is 1.75 bits per heavy atom. The Labute approximate surface area is 121 Å². The lowest BCUT2D eigenvalue weighted by atomic mass is 9.89. The highest BCUT2D eigenvalue weighted by atomic mass is 16.4. The summed E-state index contributed by atoms with van der Waals surface area (Å²) < 4.78 is 0. The van der Waals surface area contributed by atoms with Crippen LogP contribution in [0.1, 0.15) is 20.3 Å². The summed E-state index contributed by atoms with van der Waals surface area (Å²) in [6.45, 7) is 8.50. The summed E-state index contributed by atoms with van der Waals surface area (Å²) in [5.41, 5.74) is 0.648. The third-order valence-corrected chi connectivity index (χ3v) is 4.13. The maximum absolute atomic E-state index is 11.1. The molecule has 4 nitrogen and oxygen atoms in total. The largest absolute Gasteiger partial charge is 0.481 e. The fourth-order valence-electron chi connectivity index (χ4n) is 2.41. The van der Waals surface area contributed by atoms with Crippen molar-refractivity contribution in [1.29, 1.82) is 0 Å². The molecular formula is C16H24N2O2. The van der Waals surface area contributed by atoms with E-state index in [0.29, 0.717) is 6.42 Å². The Morgan fingerprint density at radius 3 is 2.30 bits per heavy atom. The summed E-state index contributed by atoms with van der Waals surface area (Å²) in [5.74, 6) is -0.708. The number of carboxylic acids is 1. The first-order valence-electron chi connectivity index (χ1n) is 7.25. The molecule has 1 fully saturated rings. The van der Waals surface area contributed by atoms with E-state index in [1.165, 1.54) is 5.69 Å². The molecule has 1 aromatic rings. The smallest absolute Gasteiger partial charge is 0.309 e. The molecule has 2 rings (SSSR count). The second-order valence-corrected chi connectivity index (χ2v) is 6.10. The highest BCUT2D eigenvalue weighted by molar-refractivity contribution is 5.73. The number of carboxylic acid groups (broad SMARTS) is 1. The summed E-state index contributed by atoms with van der Waals surface area (Å²) in [5, 5.41) is 9.13. The van der Waals surface area contributed by atoms with Crippen molar-refractivity contribution in [3.8, 4) is 0 Å². The summed E-state index contributed by atoms with van der Waals surface area (Å²) in [7, 11) is 0. The number of benzene rings is 1. The van der Waals surface area contributed by atoms with Gasteiger partial charge in [0.2, 0.25) is 0 Å².